The zero-order valence-electron chi connectivity index (χ0n) is 19.8. The number of hydrogen-bond donors (Lipinski definition) is 0. The molecular weight excluding hydrogens is 418 g/mol. The molecule has 2 aromatic rings. The number of hydrogen-bond acceptors (Lipinski definition) is 4. The molecule has 4 heteroatoms. The van der Waals surface area contributed by atoms with Gasteiger partial charge in [0.05, 0.1) is 5.54 Å². The third kappa shape index (κ3) is 2.89. The van der Waals surface area contributed by atoms with Crippen LogP contribution in [0.5, 0.6) is 0 Å². The first-order chi connectivity index (χ1) is 16.4. The Morgan fingerprint density at radius 1 is 0.824 bits per heavy atom. The minimum absolute atomic E-state index is 0.0481. The quantitative estimate of drug-likeness (QED) is 0.413. The molecule has 170 valence electrons. The van der Waals surface area contributed by atoms with Gasteiger partial charge >= 0.3 is 0 Å². The normalized spacial score (nSPS) is 25.2. The smallest absolute Gasteiger partial charge is 0.220 e. The highest BCUT2D eigenvalue weighted by molar-refractivity contribution is 6.11. The van der Waals surface area contributed by atoms with Gasteiger partial charge in [-0.1, -0.05) is 73.5 Å². The average Bonchev–Trinajstić information content (AvgIpc) is 3.24. The van der Waals surface area contributed by atoms with Crippen molar-refractivity contribution in [2.45, 2.75) is 69.0 Å². The molecule has 0 aromatic heterocycles. The summed E-state index contributed by atoms with van der Waals surface area (Å²) in [6.07, 6.45) is 7.90. The summed E-state index contributed by atoms with van der Waals surface area (Å²) < 4.78 is 0. The number of nitriles is 2. The van der Waals surface area contributed by atoms with Crippen LogP contribution in [0.4, 0.5) is 0 Å². The third-order valence-electron chi connectivity index (χ3n) is 7.94. The average molecular weight is 448 g/mol. The van der Waals surface area contributed by atoms with E-state index < -0.39 is 16.6 Å². The molecule has 0 fully saturated rings. The van der Waals surface area contributed by atoms with Gasteiger partial charge in [0, 0.05) is 16.7 Å². The number of Topliss-reactive ketones (excluding diaryl/α,β-unsaturated/α-hetero) is 1. The Kier molecular flexibility index (Phi) is 5.31. The Bertz CT molecular complexity index is 1260. The second-order valence-corrected chi connectivity index (χ2v) is 10.1. The van der Waals surface area contributed by atoms with E-state index in [0.717, 1.165) is 55.2 Å². The van der Waals surface area contributed by atoms with Gasteiger partial charge in [-0.3, -0.25) is 4.79 Å². The number of rotatable bonds is 3. The summed E-state index contributed by atoms with van der Waals surface area (Å²) in [6, 6.07) is 24.4. The summed E-state index contributed by atoms with van der Waals surface area (Å²) in [5, 5.41) is 21.3. The van der Waals surface area contributed by atoms with Crippen LogP contribution < -0.4 is 0 Å². The van der Waals surface area contributed by atoms with Gasteiger partial charge in [-0.15, -0.1) is 0 Å². The van der Waals surface area contributed by atoms with Crippen LogP contribution in [0.2, 0.25) is 0 Å². The SMILES string of the molecule is CC1(C)C(C(=O)c2ccccc2)=CC2(c3ccccc3)C3=C(CCCCCC3)C(C#N)(C#N)N12. The molecule has 1 unspecified atom stereocenters. The fourth-order valence-electron chi connectivity index (χ4n) is 6.56. The van der Waals surface area contributed by atoms with Crippen LogP contribution in [-0.4, -0.2) is 21.8 Å². The van der Waals surface area contributed by atoms with Gasteiger partial charge < -0.3 is 0 Å². The third-order valence-corrected chi connectivity index (χ3v) is 7.94. The van der Waals surface area contributed by atoms with Crippen molar-refractivity contribution in [2.75, 3.05) is 0 Å². The Labute approximate surface area is 201 Å². The van der Waals surface area contributed by atoms with Crippen molar-refractivity contribution in [1.29, 1.82) is 10.5 Å². The molecule has 34 heavy (non-hydrogen) atoms. The Hall–Kier alpha value is -3.47. The molecule has 2 aromatic carbocycles. The van der Waals surface area contributed by atoms with Gasteiger partial charge in [0.25, 0.3) is 0 Å². The van der Waals surface area contributed by atoms with Gasteiger partial charge in [0.1, 0.15) is 12.1 Å². The topological polar surface area (TPSA) is 67.9 Å². The molecule has 0 saturated heterocycles. The van der Waals surface area contributed by atoms with Crippen LogP contribution in [0.3, 0.4) is 0 Å². The molecule has 4 nitrogen and oxygen atoms in total. The Morgan fingerprint density at radius 3 is 1.97 bits per heavy atom. The maximum Gasteiger partial charge on any atom is 0.220 e. The van der Waals surface area contributed by atoms with E-state index >= 15 is 0 Å². The van der Waals surface area contributed by atoms with E-state index in [-0.39, 0.29) is 5.78 Å². The minimum atomic E-state index is -1.42. The maximum absolute atomic E-state index is 13.9. The molecular formula is C30H29N3O. The zero-order chi connectivity index (χ0) is 24.0. The first kappa shape index (κ1) is 22.3. The highest BCUT2D eigenvalue weighted by Gasteiger charge is 2.68. The van der Waals surface area contributed by atoms with E-state index in [9.17, 15) is 15.3 Å². The van der Waals surface area contributed by atoms with Crippen LogP contribution in [0, 0.1) is 22.7 Å². The highest BCUT2D eigenvalue weighted by Crippen LogP contribution is 2.62. The van der Waals surface area contributed by atoms with E-state index in [1.165, 1.54) is 0 Å². The van der Waals surface area contributed by atoms with Crippen molar-refractivity contribution in [1.82, 2.24) is 4.90 Å². The van der Waals surface area contributed by atoms with Gasteiger partial charge in [-0.05, 0) is 62.3 Å². The summed E-state index contributed by atoms with van der Waals surface area (Å²) in [5.74, 6) is -0.0481. The maximum atomic E-state index is 13.9. The first-order valence-electron chi connectivity index (χ1n) is 12.2. The van der Waals surface area contributed by atoms with Gasteiger partial charge in [-0.2, -0.15) is 10.5 Å². The molecule has 2 heterocycles. The van der Waals surface area contributed by atoms with E-state index in [1.807, 2.05) is 62.4 Å². The molecule has 0 spiro atoms. The van der Waals surface area contributed by atoms with Gasteiger partial charge in [0.2, 0.25) is 5.54 Å². The largest absolute Gasteiger partial charge is 0.289 e. The Balaban J connectivity index is 1.85. The fourth-order valence-corrected chi connectivity index (χ4v) is 6.56. The first-order valence-corrected chi connectivity index (χ1v) is 12.2. The van der Waals surface area contributed by atoms with Crippen molar-refractivity contribution in [3.05, 3.63) is 94.6 Å². The van der Waals surface area contributed by atoms with E-state index in [1.54, 1.807) is 0 Å². The van der Waals surface area contributed by atoms with E-state index in [0.29, 0.717) is 11.1 Å². The predicted molar refractivity (Wildman–Crippen MR) is 132 cm³/mol. The number of ketones is 1. The fraction of sp³-hybridized carbons (Fsp3) is 0.367. The molecule has 0 bridgehead atoms. The molecule has 2 aliphatic heterocycles. The van der Waals surface area contributed by atoms with Crippen molar-refractivity contribution >= 4 is 5.78 Å². The van der Waals surface area contributed by atoms with Crippen LogP contribution in [-0.2, 0) is 5.54 Å². The number of nitrogens with zero attached hydrogens (tertiary/aromatic N) is 3. The number of carbonyl (C=O) groups is 1. The monoisotopic (exact) mass is 447 g/mol. The van der Waals surface area contributed by atoms with Crippen LogP contribution >= 0.6 is 0 Å². The molecule has 0 saturated carbocycles. The predicted octanol–water partition coefficient (Wildman–Crippen LogP) is 6.24. The summed E-state index contributed by atoms with van der Waals surface area (Å²) >= 11 is 0. The summed E-state index contributed by atoms with van der Waals surface area (Å²) in [5.41, 5.74) is 1.35. The molecule has 1 aliphatic carbocycles. The standard InChI is InChI=1S/C30H29N3O/c1-28(2)26(27(34)22-13-7-5-8-14-22)19-30(23-15-9-6-10-16-23)25-18-12-4-3-11-17-24(25)29(20-31,21-32)33(28)30/h5-10,13-16,19H,3-4,11-12,17-18H2,1-2H3. The lowest BCUT2D eigenvalue weighted by Crippen LogP contribution is -2.59. The zero-order valence-corrected chi connectivity index (χ0v) is 19.8. The van der Waals surface area contributed by atoms with Crippen molar-refractivity contribution in [2.24, 2.45) is 0 Å². The Morgan fingerprint density at radius 2 is 1.38 bits per heavy atom. The second-order valence-electron chi connectivity index (χ2n) is 10.1. The van der Waals surface area contributed by atoms with E-state index in [2.05, 4.69) is 35.2 Å². The molecule has 1 atom stereocenters. The number of carbonyl (C=O) groups excluding carboxylic acids is 1. The van der Waals surface area contributed by atoms with Crippen LogP contribution in [0.15, 0.2) is 83.5 Å². The molecule has 3 aliphatic rings. The lowest BCUT2D eigenvalue weighted by molar-refractivity contribution is 0.0609. The van der Waals surface area contributed by atoms with Crippen molar-refractivity contribution < 1.29 is 4.79 Å². The summed E-state index contributed by atoms with van der Waals surface area (Å²) in [6.45, 7) is 3.99. The molecule has 0 amide bonds. The molecule has 0 radical (unpaired) electrons. The number of benzene rings is 2. The summed E-state index contributed by atoms with van der Waals surface area (Å²) in [4.78, 5) is 15.9. The van der Waals surface area contributed by atoms with Gasteiger partial charge in [-0.25, -0.2) is 4.90 Å². The lowest BCUT2D eigenvalue weighted by atomic mass is 9.77. The lowest BCUT2D eigenvalue weighted by Gasteiger charge is -2.46. The van der Waals surface area contributed by atoms with E-state index in [4.69, 9.17) is 0 Å². The number of fused-ring (bicyclic) bond motifs is 2. The molecule has 0 N–H and O–H groups in total. The summed E-state index contributed by atoms with van der Waals surface area (Å²) in [7, 11) is 0. The minimum Gasteiger partial charge on any atom is -0.289 e. The molecule has 5 rings (SSSR count). The second kappa shape index (κ2) is 8.08. The van der Waals surface area contributed by atoms with Crippen molar-refractivity contribution in [3.63, 3.8) is 0 Å². The van der Waals surface area contributed by atoms with Crippen molar-refractivity contribution in [3.8, 4) is 12.1 Å². The highest BCUT2D eigenvalue weighted by atomic mass is 16.1. The van der Waals surface area contributed by atoms with Crippen LogP contribution in [0.25, 0.3) is 0 Å². The van der Waals surface area contributed by atoms with Crippen LogP contribution in [0.1, 0.15) is 68.3 Å². The van der Waals surface area contributed by atoms with Gasteiger partial charge in [0.15, 0.2) is 5.78 Å².